The molecule has 1 aliphatic heterocycles. The molecule has 2 unspecified atom stereocenters. The summed E-state index contributed by atoms with van der Waals surface area (Å²) >= 11 is 0. The maximum absolute atomic E-state index is 11.9. The lowest BCUT2D eigenvalue weighted by Gasteiger charge is -2.22. The molecular weight excluding hydrogens is 176 g/mol. The highest BCUT2D eigenvalue weighted by molar-refractivity contribution is 5.78. The highest BCUT2D eigenvalue weighted by Crippen LogP contribution is 2.20. The zero-order valence-corrected chi connectivity index (χ0v) is 9.55. The predicted molar refractivity (Wildman–Crippen MR) is 57.9 cm³/mol. The van der Waals surface area contributed by atoms with Gasteiger partial charge in [0.25, 0.3) is 0 Å². The van der Waals surface area contributed by atoms with Crippen molar-refractivity contribution in [2.45, 2.75) is 45.6 Å². The van der Waals surface area contributed by atoms with Gasteiger partial charge in [0.05, 0.1) is 0 Å². The van der Waals surface area contributed by atoms with Gasteiger partial charge in [0, 0.05) is 24.5 Å². The van der Waals surface area contributed by atoms with Gasteiger partial charge in [-0.2, -0.15) is 0 Å². The van der Waals surface area contributed by atoms with Crippen molar-refractivity contribution < 1.29 is 4.79 Å². The van der Waals surface area contributed by atoms with Crippen molar-refractivity contribution in [1.29, 1.82) is 0 Å². The first-order chi connectivity index (χ1) is 6.46. The van der Waals surface area contributed by atoms with Crippen molar-refractivity contribution in [3.05, 3.63) is 0 Å². The summed E-state index contributed by atoms with van der Waals surface area (Å²) in [5.74, 6) is 0.440. The number of nitrogens with two attached hydrogens (primary N) is 1. The molecule has 0 saturated carbocycles. The molecule has 1 saturated heterocycles. The van der Waals surface area contributed by atoms with Crippen molar-refractivity contribution in [1.82, 2.24) is 4.90 Å². The second-order valence-electron chi connectivity index (χ2n) is 4.85. The average Bonchev–Trinajstić information content (AvgIpc) is 2.45. The Kier molecular flexibility index (Phi) is 3.53. The highest BCUT2D eigenvalue weighted by atomic mass is 16.2. The van der Waals surface area contributed by atoms with Crippen LogP contribution in [0, 0.1) is 5.92 Å². The second kappa shape index (κ2) is 4.30. The van der Waals surface area contributed by atoms with E-state index in [1.54, 1.807) is 0 Å². The van der Waals surface area contributed by atoms with Crippen LogP contribution in [0.4, 0.5) is 0 Å². The molecule has 1 rings (SSSR count). The van der Waals surface area contributed by atoms with Gasteiger partial charge in [-0.25, -0.2) is 0 Å². The van der Waals surface area contributed by atoms with Crippen molar-refractivity contribution >= 4 is 5.91 Å². The number of hydrogen-bond donors (Lipinski definition) is 1. The van der Waals surface area contributed by atoms with Crippen LogP contribution >= 0.6 is 0 Å². The molecule has 0 aromatic heterocycles. The van der Waals surface area contributed by atoms with Crippen LogP contribution in [-0.2, 0) is 4.79 Å². The lowest BCUT2D eigenvalue weighted by atomic mass is 10.0. The summed E-state index contributed by atoms with van der Waals surface area (Å²) < 4.78 is 0. The molecule has 0 aliphatic carbocycles. The van der Waals surface area contributed by atoms with E-state index in [4.69, 9.17) is 5.73 Å². The molecule has 0 aromatic carbocycles. The summed E-state index contributed by atoms with van der Waals surface area (Å²) in [4.78, 5) is 13.8. The Morgan fingerprint density at radius 2 is 2.29 bits per heavy atom. The lowest BCUT2D eigenvalue weighted by molar-refractivity contribution is -0.134. The number of amides is 1. The van der Waals surface area contributed by atoms with Gasteiger partial charge in [0.1, 0.15) is 0 Å². The first-order valence-electron chi connectivity index (χ1n) is 5.54. The molecule has 1 aliphatic rings. The van der Waals surface area contributed by atoms with Gasteiger partial charge >= 0.3 is 0 Å². The third-order valence-electron chi connectivity index (χ3n) is 2.96. The number of rotatable bonds is 3. The van der Waals surface area contributed by atoms with E-state index in [1.807, 2.05) is 18.7 Å². The normalized spacial score (nSPS) is 29.3. The zero-order valence-electron chi connectivity index (χ0n) is 9.55. The molecule has 1 heterocycles. The Bertz CT molecular complexity index is 213. The Hall–Kier alpha value is -0.570. The molecular formula is C11H22N2O. The van der Waals surface area contributed by atoms with Gasteiger partial charge in [0.15, 0.2) is 0 Å². The molecule has 2 N–H and O–H groups in total. The first-order valence-corrected chi connectivity index (χ1v) is 5.54. The van der Waals surface area contributed by atoms with E-state index in [-0.39, 0.29) is 17.4 Å². The molecule has 14 heavy (non-hydrogen) atoms. The summed E-state index contributed by atoms with van der Waals surface area (Å²) in [7, 11) is 0. The standard InChI is InChI=1S/C11H22N2O/c1-4-5-9(2)10(14)13-7-6-11(3,12)8-13/h9H,4-8,12H2,1-3H3. The van der Waals surface area contributed by atoms with Crippen LogP contribution in [-0.4, -0.2) is 29.4 Å². The molecule has 0 radical (unpaired) electrons. The maximum Gasteiger partial charge on any atom is 0.225 e. The van der Waals surface area contributed by atoms with E-state index in [0.29, 0.717) is 0 Å². The van der Waals surface area contributed by atoms with Gasteiger partial charge in [-0.15, -0.1) is 0 Å². The molecule has 1 fully saturated rings. The first kappa shape index (κ1) is 11.5. The summed E-state index contributed by atoms with van der Waals surface area (Å²) in [5.41, 5.74) is 5.82. The van der Waals surface area contributed by atoms with Crippen LogP contribution in [0.25, 0.3) is 0 Å². The van der Waals surface area contributed by atoms with Crippen molar-refractivity contribution in [2.24, 2.45) is 11.7 Å². The lowest BCUT2D eigenvalue weighted by Crippen LogP contribution is -2.42. The average molecular weight is 198 g/mol. The minimum Gasteiger partial charge on any atom is -0.341 e. The topological polar surface area (TPSA) is 46.3 Å². The van der Waals surface area contributed by atoms with Gasteiger partial charge in [-0.05, 0) is 19.8 Å². The van der Waals surface area contributed by atoms with Gasteiger partial charge in [0.2, 0.25) is 5.91 Å². The minimum atomic E-state index is -0.165. The highest BCUT2D eigenvalue weighted by Gasteiger charge is 2.33. The van der Waals surface area contributed by atoms with Crippen LogP contribution in [0.1, 0.15) is 40.0 Å². The Labute approximate surface area is 86.6 Å². The van der Waals surface area contributed by atoms with Crippen molar-refractivity contribution in [3.8, 4) is 0 Å². The van der Waals surface area contributed by atoms with E-state index in [1.165, 1.54) is 0 Å². The van der Waals surface area contributed by atoms with Crippen LogP contribution in [0.2, 0.25) is 0 Å². The molecule has 82 valence electrons. The third kappa shape index (κ3) is 2.71. The van der Waals surface area contributed by atoms with Gasteiger partial charge in [-0.1, -0.05) is 20.3 Å². The Morgan fingerprint density at radius 3 is 2.71 bits per heavy atom. The Balaban J connectivity index is 2.47. The number of carbonyl (C=O) groups is 1. The largest absolute Gasteiger partial charge is 0.341 e. The molecule has 0 bridgehead atoms. The van der Waals surface area contributed by atoms with Crippen molar-refractivity contribution in [3.63, 3.8) is 0 Å². The fourth-order valence-electron chi connectivity index (χ4n) is 2.04. The van der Waals surface area contributed by atoms with Crippen LogP contribution in [0.5, 0.6) is 0 Å². The van der Waals surface area contributed by atoms with E-state index in [0.717, 1.165) is 32.4 Å². The summed E-state index contributed by atoms with van der Waals surface area (Å²) in [5, 5.41) is 0. The van der Waals surface area contributed by atoms with E-state index in [9.17, 15) is 4.79 Å². The fraction of sp³-hybridized carbons (Fsp3) is 0.909. The number of hydrogen-bond acceptors (Lipinski definition) is 2. The second-order valence-corrected chi connectivity index (χ2v) is 4.85. The maximum atomic E-state index is 11.9. The van der Waals surface area contributed by atoms with Crippen LogP contribution in [0.3, 0.4) is 0 Å². The molecule has 3 nitrogen and oxygen atoms in total. The predicted octanol–water partition coefficient (Wildman–Crippen LogP) is 1.37. The summed E-state index contributed by atoms with van der Waals surface area (Å²) in [6, 6.07) is 0. The van der Waals surface area contributed by atoms with E-state index in [2.05, 4.69) is 6.92 Å². The number of carbonyl (C=O) groups excluding carboxylic acids is 1. The van der Waals surface area contributed by atoms with Gasteiger partial charge < -0.3 is 10.6 Å². The molecule has 2 atom stereocenters. The monoisotopic (exact) mass is 198 g/mol. The minimum absolute atomic E-state index is 0.161. The summed E-state index contributed by atoms with van der Waals surface area (Å²) in [6.07, 6.45) is 2.98. The molecule has 0 aromatic rings. The smallest absolute Gasteiger partial charge is 0.225 e. The van der Waals surface area contributed by atoms with Crippen LogP contribution in [0.15, 0.2) is 0 Å². The molecule has 3 heteroatoms. The molecule has 0 spiro atoms. The fourth-order valence-corrected chi connectivity index (χ4v) is 2.04. The van der Waals surface area contributed by atoms with Crippen LogP contribution < -0.4 is 5.73 Å². The number of likely N-dealkylation sites (tertiary alicyclic amines) is 1. The SMILES string of the molecule is CCCC(C)C(=O)N1CCC(C)(N)C1. The molecule has 1 amide bonds. The quantitative estimate of drug-likeness (QED) is 0.744. The zero-order chi connectivity index (χ0) is 10.8. The van der Waals surface area contributed by atoms with Gasteiger partial charge in [-0.3, -0.25) is 4.79 Å². The van der Waals surface area contributed by atoms with E-state index >= 15 is 0 Å². The van der Waals surface area contributed by atoms with E-state index < -0.39 is 0 Å². The Morgan fingerprint density at radius 1 is 1.64 bits per heavy atom. The van der Waals surface area contributed by atoms with Crippen molar-refractivity contribution in [2.75, 3.05) is 13.1 Å². The number of nitrogens with zero attached hydrogens (tertiary/aromatic N) is 1. The third-order valence-corrected chi connectivity index (χ3v) is 2.96. The summed E-state index contributed by atoms with van der Waals surface area (Å²) in [6.45, 7) is 7.70.